The van der Waals surface area contributed by atoms with Crippen LogP contribution in [-0.2, 0) is 4.79 Å². The smallest absolute Gasteiger partial charge is 0.224 e. The summed E-state index contributed by atoms with van der Waals surface area (Å²) in [5.74, 6) is 5.50. The van der Waals surface area contributed by atoms with Gasteiger partial charge in [0.05, 0.1) is 0 Å². The number of rotatable bonds is 2. The summed E-state index contributed by atoms with van der Waals surface area (Å²) < 4.78 is 0. The molecule has 1 aromatic rings. The maximum absolute atomic E-state index is 11.8. The minimum atomic E-state index is -0.149. The number of aryl methyl sites for hydroxylation is 1. The van der Waals surface area contributed by atoms with Crippen molar-refractivity contribution >= 4 is 11.6 Å². The second kappa shape index (κ2) is 6.40. The Balaban J connectivity index is 2.76. The van der Waals surface area contributed by atoms with Crippen LogP contribution in [0.4, 0.5) is 5.69 Å². The molecule has 0 aliphatic rings. The van der Waals surface area contributed by atoms with Crippen molar-refractivity contribution in [2.45, 2.75) is 34.1 Å². The molecule has 1 rings (SSSR count). The van der Waals surface area contributed by atoms with Gasteiger partial charge >= 0.3 is 0 Å². The van der Waals surface area contributed by atoms with Gasteiger partial charge in [-0.2, -0.15) is 0 Å². The van der Waals surface area contributed by atoms with E-state index in [1.54, 1.807) is 0 Å². The Hall–Kier alpha value is -1.79. The molecule has 0 unspecified atom stereocenters. The van der Waals surface area contributed by atoms with Crippen molar-refractivity contribution in [3.63, 3.8) is 0 Å². The molecule has 2 N–H and O–H groups in total. The minimum absolute atomic E-state index is 0.0149. The Morgan fingerprint density at radius 2 is 2.05 bits per heavy atom. The number of amides is 1. The number of hydrogen-bond donors (Lipinski definition) is 2. The van der Waals surface area contributed by atoms with E-state index in [1.165, 1.54) is 0 Å². The van der Waals surface area contributed by atoms with Crippen molar-refractivity contribution in [2.24, 2.45) is 5.41 Å². The van der Waals surface area contributed by atoms with Crippen LogP contribution >= 0.6 is 0 Å². The van der Waals surface area contributed by atoms with Gasteiger partial charge in [-0.25, -0.2) is 0 Å². The van der Waals surface area contributed by atoms with E-state index < -0.39 is 0 Å². The quantitative estimate of drug-likeness (QED) is 0.802. The van der Waals surface area contributed by atoms with Crippen LogP contribution in [0, 0.1) is 24.2 Å². The summed E-state index contributed by atoms with van der Waals surface area (Å²) in [5, 5.41) is 11.6. The molecule has 19 heavy (non-hydrogen) atoms. The van der Waals surface area contributed by atoms with Gasteiger partial charge in [-0.05, 0) is 36.1 Å². The molecule has 0 spiro atoms. The molecule has 0 saturated carbocycles. The normalized spacial score (nSPS) is 10.6. The van der Waals surface area contributed by atoms with Crippen molar-refractivity contribution in [2.75, 3.05) is 11.9 Å². The molecule has 0 radical (unpaired) electrons. The third-order valence-corrected chi connectivity index (χ3v) is 2.50. The lowest BCUT2D eigenvalue weighted by molar-refractivity contribution is -0.117. The molecule has 3 nitrogen and oxygen atoms in total. The molecule has 0 fully saturated rings. The SMILES string of the molecule is Cc1cc(NC(=O)CC(C)(C)C)ccc1C#CCO. The number of benzene rings is 1. The van der Waals surface area contributed by atoms with Crippen LogP contribution in [0.25, 0.3) is 0 Å². The van der Waals surface area contributed by atoms with Crippen molar-refractivity contribution in [1.82, 2.24) is 0 Å². The van der Waals surface area contributed by atoms with Crippen molar-refractivity contribution in [1.29, 1.82) is 0 Å². The fourth-order valence-corrected chi connectivity index (χ4v) is 1.70. The van der Waals surface area contributed by atoms with Gasteiger partial charge in [0.15, 0.2) is 0 Å². The Bertz CT molecular complexity index is 516. The van der Waals surface area contributed by atoms with E-state index in [0.29, 0.717) is 6.42 Å². The van der Waals surface area contributed by atoms with Gasteiger partial charge in [0, 0.05) is 17.7 Å². The third kappa shape index (κ3) is 5.58. The Morgan fingerprint density at radius 1 is 1.37 bits per heavy atom. The second-order valence-electron chi connectivity index (χ2n) is 5.78. The highest BCUT2D eigenvalue weighted by atomic mass is 16.2. The first-order valence-corrected chi connectivity index (χ1v) is 6.32. The van der Waals surface area contributed by atoms with Crippen LogP contribution < -0.4 is 5.32 Å². The van der Waals surface area contributed by atoms with Crippen molar-refractivity contribution in [3.05, 3.63) is 29.3 Å². The number of aliphatic hydroxyl groups excluding tert-OH is 1. The minimum Gasteiger partial charge on any atom is -0.384 e. The van der Waals surface area contributed by atoms with Gasteiger partial charge in [0.25, 0.3) is 0 Å². The average molecular weight is 259 g/mol. The Morgan fingerprint density at radius 3 is 2.58 bits per heavy atom. The molecule has 3 heteroatoms. The molecule has 0 saturated heterocycles. The number of carbonyl (C=O) groups is 1. The fourth-order valence-electron chi connectivity index (χ4n) is 1.70. The molecule has 0 aliphatic heterocycles. The van der Waals surface area contributed by atoms with Crippen LogP contribution in [0.15, 0.2) is 18.2 Å². The van der Waals surface area contributed by atoms with E-state index in [0.717, 1.165) is 16.8 Å². The van der Waals surface area contributed by atoms with Crippen molar-refractivity contribution in [3.8, 4) is 11.8 Å². The zero-order chi connectivity index (χ0) is 14.5. The van der Waals surface area contributed by atoms with E-state index in [9.17, 15) is 4.79 Å². The molecular formula is C16H21NO2. The molecule has 0 heterocycles. The maximum Gasteiger partial charge on any atom is 0.224 e. The zero-order valence-corrected chi connectivity index (χ0v) is 12.0. The molecular weight excluding hydrogens is 238 g/mol. The van der Waals surface area contributed by atoms with E-state index >= 15 is 0 Å². The Labute approximate surface area is 115 Å². The number of carbonyl (C=O) groups excluding carboxylic acids is 1. The lowest BCUT2D eigenvalue weighted by Crippen LogP contribution is -2.19. The molecule has 0 aliphatic carbocycles. The number of aliphatic hydroxyl groups is 1. The van der Waals surface area contributed by atoms with Gasteiger partial charge in [-0.1, -0.05) is 32.6 Å². The molecule has 102 valence electrons. The van der Waals surface area contributed by atoms with Gasteiger partial charge in [-0.3, -0.25) is 4.79 Å². The highest BCUT2D eigenvalue weighted by Gasteiger charge is 2.15. The number of anilines is 1. The highest BCUT2D eigenvalue weighted by molar-refractivity contribution is 5.91. The topological polar surface area (TPSA) is 49.3 Å². The second-order valence-corrected chi connectivity index (χ2v) is 5.78. The van der Waals surface area contributed by atoms with E-state index in [-0.39, 0.29) is 17.9 Å². The third-order valence-electron chi connectivity index (χ3n) is 2.50. The molecule has 1 aromatic carbocycles. The summed E-state index contributed by atoms with van der Waals surface area (Å²) in [7, 11) is 0. The average Bonchev–Trinajstić information content (AvgIpc) is 2.25. The predicted molar refractivity (Wildman–Crippen MR) is 77.8 cm³/mol. The summed E-state index contributed by atoms with van der Waals surface area (Å²) in [4.78, 5) is 11.8. The van der Waals surface area contributed by atoms with E-state index in [4.69, 9.17) is 5.11 Å². The van der Waals surface area contributed by atoms with Crippen LogP contribution in [0.5, 0.6) is 0 Å². The van der Waals surface area contributed by atoms with Crippen LogP contribution in [0.3, 0.4) is 0 Å². The van der Waals surface area contributed by atoms with Gasteiger partial charge in [-0.15, -0.1) is 0 Å². The van der Waals surface area contributed by atoms with Crippen LogP contribution in [-0.4, -0.2) is 17.6 Å². The zero-order valence-electron chi connectivity index (χ0n) is 12.0. The van der Waals surface area contributed by atoms with E-state index in [1.807, 2.05) is 45.9 Å². The summed E-state index contributed by atoms with van der Waals surface area (Å²) in [5.41, 5.74) is 2.60. The number of hydrogen-bond acceptors (Lipinski definition) is 2. The first-order valence-electron chi connectivity index (χ1n) is 6.32. The highest BCUT2D eigenvalue weighted by Crippen LogP contribution is 2.20. The first-order chi connectivity index (χ1) is 8.81. The van der Waals surface area contributed by atoms with Crippen LogP contribution in [0.1, 0.15) is 38.3 Å². The maximum atomic E-state index is 11.8. The molecule has 0 bridgehead atoms. The summed E-state index contributed by atoms with van der Waals surface area (Å²) in [6.45, 7) is 7.88. The number of nitrogens with one attached hydrogen (secondary N) is 1. The molecule has 0 aromatic heterocycles. The molecule has 1 amide bonds. The fraction of sp³-hybridized carbons (Fsp3) is 0.438. The van der Waals surface area contributed by atoms with Gasteiger partial charge in [0.2, 0.25) is 5.91 Å². The monoisotopic (exact) mass is 259 g/mol. The first kappa shape index (κ1) is 15.3. The largest absolute Gasteiger partial charge is 0.384 e. The van der Waals surface area contributed by atoms with Gasteiger partial charge < -0.3 is 10.4 Å². The predicted octanol–water partition coefficient (Wildman–Crippen LogP) is 2.71. The summed E-state index contributed by atoms with van der Waals surface area (Å²) in [6.07, 6.45) is 0.484. The van der Waals surface area contributed by atoms with E-state index in [2.05, 4.69) is 17.2 Å². The van der Waals surface area contributed by atoms with Crippen LogP contribution in [0.2, 0.25) is 0 Å². The van der Waals surface area contributed by atoms with Gasteiger partial charge in [0.1, 0.15) is 6.61 Å². The summed E-state index contributed by atoms with van der Waals surface area (Å²) in [6, 6.07) is 5.57. The lowest BCUT2D eigenvalue weighted by Gasteiger charge is -2.17. The summed E-state index contributed by atoms with van der Waals surface area (Å²) >= 11 is 0. The Kier molecular flexibility index (Phi) is 5.14. The lowest BCUT2D eigenvalue weighted by atomic mass is 9.92. The standard InChI is InChI=1S/C16H21NO2/c1-12-10-14(8-7-13(12)6-5-9-18)17-15(19)11-16(2,3)4/h7-8,10,18H,9,11H2,1-4H3,(H,17,19). The molecule has 0 atom stereocenters. The van der Waals surface area contributed by atoms with Crippen molar-refractivity contribution < 1.29 is 9.90 Å².